The van der Waals surface area contributed by atoms with Crippen molar-refractivity contribution in [3.63, 3.8) is 0 Å². The molecule has 1 atom stereocenters. The highest BCUT2D eigenvalue weighted by Gasteiger charge is 2.25. The summed E-state index contributed by atoms with van der Waals surface area (Å²) in [6.07, 6.45) is -1.10. The zero-order valence-corrected chi connectivity index (χ0v) is 27.5. The maximum absolute atomic E-state index is 12.3. The molecule has 0 saturated carbocycles. The second kappa shape index (κ2) is 13.6. The second-order valence-electron chi connectivity index (χ2n) is 10.5. The molecule has 8 N–H and O–H groups in total. The number of phenolic OH excluding ortho intramolecular Hbond substituents is 1. The van der Waals surface area contributed by atoms with E-state index in [0.717, 1.165) is 30.3 Å². The third-order valence-electron chi connectivity index (χ3n) is 6.98. The van der Waals surface area contributed by atoms with Crippen LogP contribution >= 0.6 is 0 Å². The van der Waals surface area contributed by atoms with E-state index in [2.05, 4.69) is 20.5 Å². The van der Waals surface area contributed by atoms with Crippen LogP contribution in [-0.4, -0.2) is 73.5 Å². The van der Waals surface area contributed by atoms with Gasteiger partial charge in [0.2, 0.25) is 0 Å². The Morgan fingerprint density at radius 2 is 1.34 bits per heavy atom. The van der Waals surface area contributed by atoms with Crippen LogP contribution in [0.5, 0.6) is 11.5 Å². The van der Waals surface area contributed by atoms with Gasteiger partial charge in [-0.2, -0.15) is 30.4 Å². The van der Waals surface area contributed by atoms with E-state index in [1.807, 2.05) is 0 Å². The number of aliphatic hydroxyl groups is 2. The van der Waals surface area contributed by atoms with Crippen molar-refractivity contribution in [1.82, 2.24) is 0 Å². The van der Waals surface area contributed by atoms with Crippen LogP contribution in [0.4, 0.5) is 28.4 Å². The summed E-state index contributed by atoms with van der Waals surface area (Å²) in [6, 6.07) is 14.8. The highest BCUT2D eigenvalue weighted by Crippen LogP contribution is 2.44. The maximum atomic E-state index is 12.3. The number of fused-ring (bicyclic) bond motifs is 2. The van der Waals surface area contributed by atoms with Crippen molar-refractivity contribution in [3.05, 3.63) is 72.8 Å². The number of hydrogen-bond donors (Lipinski definition) is 7. The first-order chi connectivity index (χ1) is 23.4. The van der Waals surface area contributed by atoms with E-state index >= 15 is 0 Å². The van der Waals surface area contributed by atoms with Crippen LogP contribution in [0.25, 0.3) is 21.5 Å². The molecule has 0 aromatic heterocycles. The van der Waals surface area contributed by atoms with Crippen molar-refractivity contribution in [1.29, 1.82) is 0 Å². The first-order valence-corrected chi connectivity index (χ1v) is 18.1. The molecule has 5 rings (SSSR count). The normalized spacial score (nSPS) is 13.5. The van der Waals surface area contributed by atoms with E-state index in [4.69, 9.17) is 15.6 Å². The zero-order valence-electron chi connectivity index (χ0n) is 25.1. The van der Waals surface area contributed by atoms with Gasteiger partial charge in [-0.05, 0) is 60.0 Å². The molecule has 50 heavy (non-hydrogen) atoms. The summed E-state index contributed by atoms with van der Waals surface area (Å²) < 4.78 is 106. The van der Waals surface area contributed by atoms with Crippen molar-refractivity contribution in [2.75, 3.05) is 18.9 Å². The number of anilines is 1. The Labute approximate surface area is 283 Å². The summed E-state index contributed by atoms with van der Waals surface area (Å²) in [4.78, 5) is -2.36. The van der Waals surface area contributed by atoms with Crippen LogP contribution in [0.15, 0.2) is 108 Å². The Morgan fingerprint density at radius 1 is 0.700 bits per heavy atom. The highest BCUT2D eigenvalue weighted by molar-refractivity contribution is 7.86. The summed E-state index contributed by atoms with van der Waals surface area (Å²) >= 11 is 0. The Kier molecular flexibility index (Phi) is 9.87. The molecule has 5 aromatic carbocycles. The molecule has 1 unspecified atom stereocenters. The number of ether oxygens (including phenoxy) is 1. The molecule has 0 heterocycles. The highest BCUT2D eigenvalue weighted by atomic mass is 32.2. The summed E-state index contributed by atoms with van der Waals surface area (Å²) in [5, 5.41) is 45.4. The van der Waals surface area contributed by atoms with Gasteiger partial charge < -0.3 is 25.8 Å². The van der Waals surface area contributed by atoms with Crippen LogP contribution < -0.4 is 10.5 Å². The molecule has 0 saturated heterocycles. The lowest BCUT2D eigenvalue weighted by atomic mass is 10.1. The number of aliphatic hydroxyl groups excluding tert-OH is 2. The van der Waals surface area contributed by atoms with Gasteiger partial charge >= 0.3 is 0 Å². The van der Waals surface area contributed by atoms with Gasteiger partial charge in [-0.15, -0.1) is 15.3 Å². The first kappa shape index (κ1) is 36.2. The van der Waals surface area contributed by atoms with E-state index < -0.39 is 74.9 Å². The minimum absolute atomic E-state index is 0.00567. The average Bonchev–Trinajstić information content (AvgIpc) is 3.04. The molecule has 0 bridgehead atoms. The third-order valence-corrected chi connectivity index (χ3v) is 9.60. The Morgan fingerprint density at radius 3 is 1.98 bits per heavy atom. The van der Waals surface area contributed by atoms with Gasteiger partial charge in [-0.3, -0.25) is 13.7 Å². The smallest absolute Gasteiger partial charge is 0.296 e. The Bertz CT molecular complexity index is 2560. The molecule has 0 radical (unpaired) electrons. The predicted molar refractivity (Wildman–Crippen MR) is 177 cm³/mol. The van der Waals surface area contributed by atoms with Gasteiger partial charge in [-0.25, -0.2) is 0 Å². The van der Waals surface area contributed by atoms with Crippen LogP contribution in [0.3, 0.4) is 0 Å². The standard InChI is InChI=1S/C29H25N5O13S3/c30-23-12-21-15(8-26(23)49(41,42)43)9-27(50(44,45)46)28(29(21)37)34-33-25-7-6-24(20-5-4-19(11-22(20)25)48(38,39)40)32-31-16-2-1-3-18(10-16)47-14-17(36)13-35/h1-12,17,35-37H,13-14,30H2,(H,38,39,40)(H,41,42,43)(H,44,45,46)/b32-31+,34-33+. The quantitative estimate of drug-likeness (QED) is 0.0553. The summed E-state index contributed by atoms with van der Waals surface area (Å²) in [5.41, 5.74) is 4.74. The lowest BCUT2D eigenvalue weighted by molar-refractivity contribution is 0.0536. The summed E-state index contributed by atoms with van der Waals surface area (Å²) in [6.45, 7) is -0.679. The van der Waals surface area contributed by atoms with E-state index in [-0.39, 0.29) is 39.5 Å². The molecule has 5 aromatic rings. The topological polar surface area (TPSA) is 308 Å². The van der Waals surface area contributed by atoms with E-state index in [1.54, 1.807) is 18.2 Å². The third kappa shape index (κ3) is 7.85. The number of nitrogens with zero attached hydrogens (tertiary/aromatic N) is 4. The molecule has 0 aliphatic heterocycles. The molecule has 0 spiro atoms. The molecular weight excluding hydrogens is 723 g/mol. The molecule has 0 amide bonds. The van der Waals surface area contributed by atoms with E-state index in [0.29, 0.717) is 11.4 Å². The number of nitrogens with two attached hydrogens (primary N) is 1. The number of nitrogen functional groups attached to an aromatic ring is 1. The van der Waals surface area contributed by atoms with Gasteiger partial charge in [0.1, 0.15) is 33.9 Å². The van der Waals surface area contributed by atoms with Crippen molar-refractivity contribution in [2.24, 2.45) is 20.5 Å². The number of aromatic hydroxyl groups is 1. The van der Waals surface area contributed by atoms with Gasteiger partial charge in [0.15, 0.2) is 5.75 Å². The van der Waals surface area contributed by atoms with Crippen molar-refractivity contribution >= 4 is 80.3 Å². The number of rotatable bonds is 11. The SMILES string of the molecule is Nc1cc2c(O)c(/N=N/c3ccc(/N=N/c4cccc(OCC(O)CO)c4)c4ccc(S(=O)(=O)O)cc34)c(S(=O)(=O)O)cc2cc1S(=O)(=O)O. The minimum atomic E-state index is -5.16. The lowest BCUT2D eigenvalue weighted by Gasteiger charge is -2.11. The fraction of sp³-hybridized carbons (Fsp3) is 0.103. The molecule has 21 heteroatoms. The minimum Gasteiger partial charge on any atom is -0.505 e. The Hall–Kier alpha value is -5.13. The fourth-order valence-electron chi connectivity index (χ4n) is 4.63. The molecule has 18 nitrogen and oxygen atoms in total. The fourth-order valence-corrected chi connectivity index (χ4v) is 6.43. The van der Waals surface area contributed by atoms with Crippen LogP contribution in [0.1, 0.15) is 0 Å². The van der Waals surface area contributed by atoms with Crippen LogP contribution in [0, 0.1) is 0 Å². The molecule has 262 valence electrons. The molecule has 0 aliphatic carbocycles. The van der Waals surface area contributed by atoms with Crippen molar-refractivity contribution in [3.8, 4) is 11.5 Å². The number of azo groups is 2. The second-order valence-corrected chi connectivity index (χ2v) is 14.7. The van der Waals surface area contributed by atoms with Crippen molar-refractivity contribution < 1.29 is 59.0 Å². The number of phenols is 1. The molecule has 0 aliphatic rings. The molecule has 0 fully saturated rings. The lowest BCUT2D eigenvalue weighted by Crippen LogP contribution is -2.21. The van der Waals surface area contributed by atoms with Gasteiger partial charge in [-0.1, -0.05) is 12.1 Å². The van der Waals surface area contributed by atoms with Crippen LogP contribution in [0.2, 0.25) is 0 Å². The number of hydrogen-bond acceptors (Lipinski definition) is 15. The van der Waals surface area contributed by atoms with Crippen LogP contribution in [-0.2, 0) is 30.4 Å². The van der Waals surface area contributed by atoms with Gasteiger partial charge in [0.25, 0.3) is 30.4 Å². The Balaban J connectivity index is 1.63. The summed E-state index contributed by atoms with van der Waals surface area (Å²) in [7, 11) is -14.8. The monoisotopic (exact) mass is 747 g/mol. The first-order valence-electron chi connectivity index (χ1n) is 13.8. The van der Waals surface area contributed by atoms with E-state index in [1.165, 1.54) is 24.3 Å². The zero-order chi connectivity index (χ0) is 36.6. The molecular formula is C29H25N5O13S3. The van der Waals surface area contributed by atoms with E-state index in [9.17, 15) is 49.1 Å². The van der Waals surface area contributed by atoms with Gasteiger partial charge in [0.05, 0.1) is 34.3 Å². The number of benzene rings is 5. The predicted octanol–water partition coefficient (Wildman–Crippen LogP) is 4.58. The maximum Gasteiger partial charge on any atom is 0.296 e. The summed E-state index contributed by atoms with van der Waals surface area (Å²) in [5.74, 6) is -0.590. The van der Waals surface area contributed by atoms with Gasteiger partial charge in [0, 0.05) is 22.2 Å². The van der Waals surface area contributed by atoms with Crippen molar-refractivity contribution in [2.45, 2.75) is 20.8 Å². The largest absolute Gasteiger partial charge is 0.505 e. The average molecular weight is 748 g/mol.